The van der Waals surface area contributed by atoms with E-state index in [2.05, 4.69) is 0 Å². The molecular formula is C14H19NO4. The van der Waals surface area contributed by atoms with Crippen LogP contribution in [0.3, 0.4) is 0 Å². The minimum absolute atomic E-state index is 0.0731. The quantitative estimate of drug-likeness (QED) is 0.847. The average molecular weight is 265 g/mol. The van der Waals surface area contributed by atoms with Crippen LogP contribution in [0.4, 0.5) is 0 Å². The van der Waals surface area contributed by atoms with Gasteiger partial charge in [-0.3, -0.25) is 4.79 Å². The molecule has 1 aliphatic rings. The second-order valence-electron chi connectivity index (χ2n) is 5.21. The average Bonchev–Trinajstić information content (AvgIpc) is 2.37. The van der Waals surface area contributed by atoms with Gasteiger partial charge in [0.05, 0.1) is 18.3 Å². The van der Waals surface area contributed by atoms with Gasteiger partial charge in [-0.2, -0.15) is 0 Å². The molecule has 0 saturated carbocycles. The molecule has 2 N–H and O–H groups in total. The third-order valence-electron chi connectivity index (χ3n) is 3.40. The minimum Gasteiger partial charge on any atom is -0.507 e. The van der Waals surface area contributed by atoms with E-state index in [-0.39, 0.29) is 23.8 Å². The van der Waals surface area contributed by atoms with E-state index in [1.165, 1.54) is 19.2 Å². The molecular weight excluding hydrogens is 246 g/mol. The number of aromatic hydroxyl groups is 1. The Balaban J connectivity index is 2.24. The summed E-state index contributed by atoms with van der Waals surface area (Å²) in [6.07, 6.45) is 1.43. The zero-order valence-corrected chi connectivity index (χ0v) is 11.2. The number of phenolic OH excluding ortho intramolecular Hbond substituents is 1. The maximum Gasteiger partial charge on any atom is 0.257 e. The highest BCUT2D eigenvalue weighted by atomic mass is 16.5. The number of nitrogens with zero attached hydrogens (tertiary/aromatic N) is 1. The zero-order chi connectivity index (χ0) is 14.0. The molecule has 1 atom stereocenters. The molecule has 1 amide bonds. The van der Waals surface area contributed by atoms with Crippen LogP contribution in [-0.4, -0.2) is 46.8 Å². The molecule has 5 nitrogen and oxygen atoms in total. The molecule has 1 fully saturated rings. The van der Waals surface area contributed by atoms with Gasteiger partial charge >= 0.3 is 0 Å². The first-order valence-electron chi connectivity index (χ1n) is 6.31. The van der Waals surface area contributed by atoms with Crippen molar-refractivity contribution < 1.29 is 19.7 Å². The lowest BCUT2D eigenvalue weighted by Crippen LogP contribution is -2.48. The predicted molar refractivity (Wildman–Crippen MR) is 70.4 cm³/mol. The Morgan fingerprint density at radius 1 is 1.47 bits per heavy atom. The minimum atomic E-state index is -0.859. The first kappa shape index (κ1) is 13.7. The van der Waals surface area contributed by atoms with Gasteiger partial charge in [0.1, 0.15) is 11.5 Å². The lowest BCUT2D eigenvalue weighted by molar-refractivity contribution is -0.0108. The summed E-state index contributed by atoms with van der Waals surface area (Å²) >= 11 is 0. The Morgan fingerprint density at radius 2 is 2.21 bits per heavy atom. The van der Waals surface area contributed by atoms with E-state index in [0.717, 1.165) is 6.42 Å². The first-order valence-corrected chi connectivity index (χ1v) is 6.31. The van der Waals surface area contributed by atoms with Crippen molar-refractivity contribution >= 4 is 5.91 Å². The number of methoxy groups -OCH3 is 1. The number of carbonyl (C=O) groups is 1. The number of amides is 1. The fourth-order valence-corrected chi connectivity index (χ4v) is 2.38. The van der Waals surface area contributed by atoms with Gasteiger partial charge in [-0.15, -0.1) is 0 Å². The number of benzene rings is 1. The summed E-state index contributed by atoms with van der Waals surface area (Å²) in [5.74, 6) is 0.164. The second kappa shape index (κ2) is 5.09. The van der Waals surface area contributed by atoms with E-state index in [9.17, 15) is 15.0 Å². The van der Waals surface area contributed by atoms with Crippen molar-refractivity contribution in [1.29, 1.82) is 0 Å². The largest absolute Gasteiger partial charge is 0.507 e. The van der Waals surface area contributed by atoms with Gasteiger partial charge in [0.2, 0.25) is 0 Å². The highest BCUT2D eigenvalue weighted by Crippen LogP contribution is 2.27. The van der Waals surface area contributed by atoms with Crippen molar-refractivity contribution in [2.24, 2.45) is 0 Å². The summed E-state index contributed by atoms with van der Waals surface area (Å²) < 4.78 is 5.06. The molecule has 1 heterocycles. The molecule has 2 rings (SSSR count). The van der Waals surface area contributed by atoms with Crippen LogP contribution in [0, 0.1) is 0 Å². The molecule has 19 heavy (non-hydrogen) atoms. The molecule has 0 aromatic heterocycles. The van der Waals surface area contributed by atoms with E-state index < -0.39 is 5.60 Å². The van der Waals surface area contributed by atoms with Gasteiger partial charge in [0.25, 0.3) is 5.91 Å². The van der Waals surface area contributed by atoms with E-state index in [1.807, 2.05) is 0 Å². The number of hydrogen-bond acceptors (Lipinski definition) is 4. The zero-order valence-electron chi connectivity index (χ0n) is 11.2. The Labute approximate surface area is 112 Å². The van der Waals surface area contributed by atoms with Gasteiger partial charge in [-0.25, -0.2) is 0 Å². The van der Waals surface area contributed by atoms with Crippen molar-refractivity contribution in [3.8, 4) is 11.5 Å². The van der Waals surface area contributed by atoms with Gasteiger partial charge in [-0.1, -0.05) is 0 Å². The van der Waals surface area contributed by atoms with Crippen LogP contribution in [0.25, 0.3) is 0 Å². The van der Waals surface area contributed by atoms with Crippen molar-refractivity contribution in [3.63, 3.8) is 0 Å². The summed E-state index contributed by atoms with van der Waals surface area (Å²) in [5, 5.41) is 19.8. The Bertz CT molecular complexity index is 484. The predicted octanol–water partition coefficient (Wildman–Crippen LogP) is 1.39. The van der Waals surface area contributed by atoms with Crippen molar-refractivity contribution in [2.45, 2.75) is 25.4 Å². The lowest BCUT2D eigenvalue weighted by atomic mass is 9.94. The van der Waals surface area contributed by atoms with E-state index >= 15 is 0 Å². The van der Waals surface area contributed by atoms with Crippen LogP contribution in [0.1, 0.15) is 30.1 Å². The highest BCUT2D eigenvalue weighted by Gasteiger charge is 2.32. The Kier molecular flexibility index (Phi) is 3.66. The molecule has 104 valence electrons. The molecule has 0 spiro atoms. The van der Waals surface area contributed by atoms with Crippen LogP contribution in [0.5, 0.6) is 11.5 Å². The number of piperidine rings is 1. The molecule has 1 unspecified atom stereocenters. The summed E-state index contributed by atoms with van der Waals surface area (Å²) in [4.78, 5) is 13.9. The summed E-state index contributed by atoms with van der Waals surface area (Å²) in [6, 6.07) is 4.55. The molecule has 0 aliphatic carbocycles. The number of rotatable bonds is 2. The summed E-state index contributed by atoms with van der Waals surface area (Å²) in [6.45, 7) is 2.59. The molecule has 0 radical (unpaired) electrons. The first-order chi connectivity index (χ1) is 8.93. The number of phenols is 1. The lowest BCUT2D eigenvalue weighted by Gasteiger charge is -2.36. The second-order valence-corrected chi connectivity index (χ2v) is 5.21. The maximum absolute atomic E-state index is 12.4. The topological polar surface area (TPSA) is 70.0 Å². The number of hydrogen-bond donors (Lipinski definition) is 2. The maximum atomic E-state index is 12.4. The smallest absolute Gasteiger partial charge is 0.257 e. The standard InChI is InChI=1S/C14H19NO4/c1-14(18)6-3-7-15(9-14)13(17)11-8-10(19-2)4-5-12(11)16/h4-5,8,16,18H,3,6-7,9H2,1-2H3. The number of β-amino-alcohol motifs (C(OH)–C–C–N with tert-alkyl or cyclic N) is 1. The SMILES string of the molecule is COc1ccc(O)c(C(=O)N2CCCC(C)(O)C2)c1. The normalized spacial score (nSPS) is 23.2. The molecule has 5 heteroatoms. The molecule has 0 bridgehead atoms. The fourth-order valence-electron chi connectivity index (χ4n) is 2.38. The van der Waals surface area contributed by atoms with E-state index in [0.29, 0.717) is 18.7 Å². The van der Waals surface area contributed by atoms with E-state index in [1.54, 1.807) is 17.9 Å². The van der Waals surface area contributed by atoms with Gasteiger partial charge < -0.3 is 19.8 Å². The van der Waals surface area contributed by atoms with Gasteiger partial charge in [-0.05, 0) is 38.0 Å². The van der Waals surface area contributed by atoms with Crippen LogP contribution in [0.2, 0.25) is 0 Å². The number of carbonyl (C=O) groups excluding carboxylic acids is 1. The summed E-state index contributed by atoms with van der Waals surface area (Å²) in [7, 11) is 1.51. The van der Waals surface area contributed by atoms with Crippen LogP contribution in [-0.2, 0) is 0 Å². The molecule has 1 aromatic carbocycles. The monoisotopic (exact) mass is 265 g/mol. The van der Waals surface area contributed by atoms with E-state index in [4.69, 9.17) is 4.74 Å². The van der Waals surface area contributed by atoms with Crippen molar-refractivity contribution in [1.82, 2.24) is 4.90 Å². The number of aliphatic hydroxyl groups is 1. The Morgan fingerprint density at radius 3 is 2.84 bits per heavy atom. The molecule has 1 saturated heterocycles. The number of likely N-dealkylation sites (tertiary alicyclic amines) is 1. The number of ether oxygens (including phenoxy) is 1. The van der Waals surface area contributed by atoms with Crippen molar-refractivity contribution in [3.05, 3.63) is 23.8 Å². The third-order valence-corrected chi connectivity index (χ3v) is 3.40. The third kappa shape index (κ3) is 2.98. The van der Waals surface area contributed by atoms with Crippen LogP contribution >= 0.6 is 0 Å². The van der Waals surface area contributed by atoms with Crippen LogP contribution in [0.15, 0.2) is 18.2 Å². The van der Waals surface area contributed by atoms with Crippen LogP contribution < -0.4 is 4.74 Å². The Hall–Kier alpha value is -1.75. The van der Waals surface area contributed by atoms with Gasteiger partial charge in [0, 0.05) is 13.1 Å². The van der Waals surface area contributed by atoms with Gasteiger partial charge in [0.15, 0.2) is 0 Å². The fraction of sp³-hybridized carbons (Fsp3) is 0.500. The molecule has 1 aromatic rings. The molecule has 1 aliphatic heterocycles. The van der Waals surface area contributed by atoms with Crippen molar-refractivity contribution in [2.75, 3.05) is 20.2 Å². The summed E-state index contributed by atoms with van der Waals surface area (Å²) in [5.41, 5.74) is -0.653. The highest BCUT2D eigenvalue weighted by molar-refractivity contribution is 5.97.